The minimum absolute atomic E-state index is 0.00982. The number of hydrogen-bond donors (Lipinski definition) is 1. The molecule has 0 amide bonds. The molecule has 2 aromatic heterocycles. The van der Waals surface area contributed by atoms with Gasteiger partial charge in [-0.05, 0) is 25.5 Å². The van der Waals surface area contributed by atoms with Crippen molar-refractivity contribution < 1.29 is 13.2 Å². The number of ketones is 1. The van der Waals surface area contributed by atoms with Gasteiger partial charge in [-0.25, -0.2) is 18.1 Å². The Morgan fingerprint density at radius 3 is 2.75 bits per heavy atom. The van der Waals surface area contributed by atoms with E-state index in [1.54, 1.807) is 17.7 Å². The predicted molar refractivity (Wildman–Crippen MR) is 76.4 cm³/mol. The van der Waals surface area contributed by atoms with E-state index in [-0.39, 0.29) is 17.4 Å². The standard InChI is InChI=1S/C12H15N3O3S2/c1-9(16)11-4-3-10(19-11)5-6-14-20(17,18)12-7-15(2)8-13-12/h3-4,7-8,14H,5-6H2,1-2H3. The molecular weight excluding hydrogens is 298 g/mol. The number of carbonyl (C=O) groups excluding carboxylic acids is 1. The van der Waals surface area contributed by atoms with Crippen LogP contribution < -0.4 is 4.72 Å². The summed E-state index contributed by atoms with van der Waals surface area (Å²) in [6, 6.07) is 3.60. The third-order valence-electron chi connectivity index (χ3n) is 2.63. The maximum absolute atomic E-state index is 11.9. The molecule has 0 aliphatic heterocycles. The monoisotopic (exact) mass is 313 g/mol. The number of nitrogens with one attached hydrogen (secondary N) is 1. The Labute approximate surface area is 121 Å². The Morgan fingerprint density at radius 2 is 2.20 bits per heavy atom. The Kier molecular flexibility index (Phi) is 4.36. The zero-order chi connectivity index (χ0) is 14.8. The third kappa shape index (κ3) is 3.53. The van der Waals surface area contributed by atoms with Crippen molar-refractivity contribution in [1.82, 2.24) is 14.3 Å². The van der Waals surface area contributed by atoms with Crippen LogP contribution in [0.5, 0.6) is 0 Å². The molecule has 108 valence electrons. The predicted octanol–water partition coefficient (Wildman–Crippen LogP) is 1.21. The Hall–Kier alpha value is -1.51. The molecule has 0 spiro atoms. The molecule has 0 radical (unpaired) electrons. The van der Waals surface area contributed by atoms with Crippen LogP contribution in [-0.4, -0.2) is 30.3 Å². The largest absolute Gasteiger partial charge is 0.339 e. The lowest BCUT2D eigenvalue weighted by atomic mass is 10.3. The smallest absolute Gasteiger partial charge is 0.259 e. The topological polar surface area (TPSA) is 81.1 Å². The van der Waals surface area contributed by atoms with E-state index in [0.717, 1.165) is 4.88 Å². The van der Waals surface area contributed by atoms with E-state index in [9.17, 15) is 13.2 Å². The number of carbonyl (C=O) groups is 1. The summed E-state index contributed by atoms with van der Waals surface area (Å²) in [6.07, 6.45) is 3.43. The number of aromatic nitrogens is 2. The molecule has 0 unspecified atom stereocenters. The van der Waals surface area contributed by atoms with E-state index in [1.165, 1.54) is 30.8 Å². The molecular formula is C12H15N3O3S2. The molecule has 0 aliphatic carbocycles. The lowest BCUT2D eigenvalue weighted by Gasteiger charge is -2.02. The highest BCUT2D eigenvalue weighted by atomic mass is 32.2. The van der Waals surface area contributed by atoms with Gasteiger partial charge in [0, 0.05) is 24.7 Å². The summed E-state index contributed by atoms with van der Waals surface area (Å²) in [5, 5.41) is 0.00982. The number of sulfonamides is 1. The van der Waals surface area contributed by atoms with E-state index >= 15 is 0 Å². The van der Waals surface area contributed by atoms with Crippen LogP contribution in [0.25, 0.3) is 0 Å². The van der Waals surface area contributed by atoms with E-state index in [1.807, 2.05) is 6.07 Å². The zero-order valence-electron chi connectivity index (χ0n) is 11.2. The Balaban J connectivity index is 1.93. The van der Waals surface area contributed by atoms with Crippen LogP contribution in [0.3, 0.4) is 0 Å². The van der Waals surface area contributed by atoms with Crippen LogP contribution in [0.4, 0.5) is 0 Å². The molecule has 0 saturated carbocycles. The summed E-state index contributed by atoms with van der Waals surface area (Å²) in [6.45, 7) is 1.79. The van der Waals surface area contributed by atoms with Gasteiger partial charge in [0.05, 0.1) is 11.2 Å². The first kappa shape index (κ1) is 14.9. The van der Waals surface area contributed by atoms with Crippen LogP contribution in [0.15, 0.2) is 29.7 Å². The molecule has 1 N–H and O–H groups in total. The molecule has 2 rings (SSSR count). The SMILES string of the molecule is CC(=O)c1ccc(CCNS(=O)(=O)c2cn(C)cn2)s1. The molecule has 0 bridgehead atoms. The minimum atomic E-state index is -3.56. The lowest BCUT2D eigenvalue weighted by Crippen LogP contribution is -2.26. The van der Waals surface area contributed by atoms with Crippen molar-refractivity contribution in [3.63, 3.8) is 0 Å². The first-order chi connectivity index (χ1) is 9.38. The highest BCUT2D eigenvalue weighted by molar-refractivity contribution is 7.89. The summed E-state index contributed by atoms with van der Waals surface area (Å²) in [4.78, 5) is 16.6. The molecule has 20 heavy (non-hydrogen) atoms. The van der Waals surface area contributed by atoms with Gasteiger partial charge in [0.2, 0.25) is 0 Å². The van der Waals surface area contributed by atoms with E-state index in [0.29, 0.717) is 11.3 Å². The van der Waals surface area contributed by atoms with Gasteiger partial charge in [-0.3, -0.25) is 4.79 Å². The van der Waals surface area contributed by atoms with Gasteiger partial charge < -0.3 is 4.57 Å². The number of nitrogens with zero attached hydrogens (tertiary/aromatic N) is 2. The summed E-state index contributed by atoms with van der Waals surface area (Å²) < 4.78 is 27.9. The van der Waals surface area contributed by atoms with Gasteiger partial charge in [0.25, 0.3) is 10.0 Å². The first-order valence-corrected chi connectivity index (χ1v) is 8.26. The second kappa shape index (κ2) is 5.86. The van der Waals surface area contributed by atoms with Gasteiger partial charge in [0.15, 0.2) is 10.8 Å². The van der Waals surface area contributed by atoms with Gasteiger partial charge in [-0.15, -0.1) is 11.3 Å². The first-order valence-electron chi connectivity index (χ1n) is 5.96. The van der Waals surface area contributed by atoms with Crippen LogP contribution >= 0.6 is 11.3 Å². The summed E-state index contributed by atoms with van der Waals surface area (Å²) >= 11 is 1.39. The Bertz CT molecular complexity index is 716. The quantitative estimate of drug-likeness (QED) is 0.813. The van der Waals surface area contributed by atoms with Crippen LogP contribution in [-0.2, 0) is 23.5 Å². The van der Waals surface area contributed by atoms with Crippen molar-refractivity contribution in [1.29, 1.82) is 0 Å². The molecule has 0 fully saturated rings. The second-order valence-corrected chi connectivity index (χ2v) is 7.23. The van der Waals surface area contributed by atoms with Gasteiger partial charge >= 0.3 is 0 Å². The lowest BCUT2D eigenvalue weighted by molar-refractivity contribution is 0.102. The molecule has 2 heterocycles. The number of hydrogen-bond acceptors (Lipinski definition) is 5. The van der Waals surface area contributed by atoms with Crippen molar-refractivity contribution in [2.24, 2.45) is 7.05 Å². The number of rotatable bonds is 6. The number of thiophene rings is 1. The average Bonchev–Trinajstić information content (AvgIpc) is 2.98. The maximum Gasteiger partial charge on any atom is 0.259 e. The molecule has 2 aromatic rings. The third-order valence-corrected chi connectivity index (χ3v) is 5.22. The van der Waals surface area contributed by atoms with Crippen molar-refractivity contribution >= 4 is 27.1 Å². The number of aryl methyl sites for hydroxylation is 1. The zero-order valence-corrected chi connectivity index (χ0v) is 12.8. The minimum Gasteiger partial charge on any atom is -0.339 e. The number of Topliss-reactive ketones (excluding diaryl/α,β-unsaturated/α-hetero) is 1. The fourth-order valence-corrected chi connectivity index (χ4v) is 3.52. The van der Waals surface area contributed by atoms with Crippen LogP contribution in [0, 0.1) is 0 Å². The van der Waals surface area contributed by atoms with Crippen LogP contribution in [0.1, 0.15) is 21.5 Å². The fourth-order valence-electron chi connectivity index (χ4n) is 1.61. The van der Waals surface area contributed by atoms with Gasteiger partial charge in [0.1, 0.15) is 0 Å². The van der Waals surface area contributed by atoms with Crippen molar-refractivity contribution in [3.8, 4) is 0 Å². The Morgan fingerprint density at radius 1 is 1.45 bits per heavy atom. The molecule has 6 nitrogen and oxygen atoms in total. The van der Waals surface area contributed by atoms with Gasteiger partial charge in [-0.2, -0.15) is 0 Å². The molecule has 8 heteroatoms. The van der Waals surface area contributed by atoms with Crippen LogP contribution in [0.2, 0.25) is 0 Å². The van der Waals surface area contributed by atoms with Crippen molar-refractivity contribution in [2.45, 2.75) is 18.4 Å². The summed E-state index contributed by atoms with van der Waals surface area (Å²) in [7, 11) is -1.85. The molecule has 0 saturated heterocycles. The second-order valence-electron chi connectivity index (χ2n) is 4.35. The molecule has 0 atom stereocenters. The van der Waals surface area contributed by atoms with Gasteiger partial charge in [-0.1, -0.05) is 0 Å². The summed E-state index contributed by atoms with van der Waals surface area (Å²) in [5.74, 6) is 0.0234. The number of imidazole rings is 1. The molecule has 0 aliphatic rings. The highest BCUT2D eigenvalue weighted by Gasteiger charge is 2.16. The maximum atomic E-state index is 11.9. The molecule has 0 aromatic carbocycles. The van der Waals surface area contributed by atoms with Crippen molar-refractivity contribution in [3.05, 3.63) is 34.4 Å². The summed E-state index contributed by atoms with van der Waals surface area (Å²) in [5.41, 5.74) is 0. The highest BCUT2D eigenvalue weighted by Crippen LogP contribution is 2.17. The van der Waals surface area contributed by atoms with Crippen molar-refractivity contribution in [2.75, 3.05) is 6.54 Å². The van der Waals surface area contributed by atoms with E-state index in [4.69, 9.17) is 0 Å². The average molecular weight is 313 g/mol. The normalized spacial score (nSPS) is 11.7. The van der Waals surface area contributed by atoms with E-state index in [2.05, 4.69) is 9.71 Å². The fraction of sp³-hybridized carbons (Fsp3) is 0.333. The van der Waals surface area contributed by atoms with E-state index < -0.39 is 10.0 Å².